The first-order chi connectivity index (χ1) is 21.8. The zero-order chi connectivity index (χ0) is 33.3. The van der Waals surface area contributed by atoms with Gasteiger partial charge in [0, 0.05) is 12.8 Å². The Hall–Kier alpha value is -1.59. The Bertz CT molecular complexity index is 693. The summed E-state index contributed by atoms with van der Waals surface area (Å²) in [6.07, 6.45) is 36.8. The van der Waals surface area contributed by atoms with Gasteiger partial charge < -0.3 is 15.3 Å². The molecule has 0 heterocycles. The molecule has 1 unspecified atom stereocenters. The molecule has 0 fully saturated rings. The van der Waals surface area contributed by atoms with E-state index in [0.29, 0.717) is 6.42 Å². The van der Waals surface area contributed by atoms with Gasteiger partial charge in [0.05, 0.1) is 5.41 Å². The minimum atomic E-state index is -0.718. The van der Waals surface area contributed by atoms with Crippen LogP contribution in [0.3, 0.4) is 0 Å². The highest BCUT2D eigenvalue weighted by Gasteiger charge is 2.36. The van der Waals surface area contributed by atoms with Crippen molar-refractivity contribution in [2.24, 2.45) is 5.41 Å². The highest BCUT2D eigenvalue weighted by Crippen LogP contribution is 2.38. The van der Waals surface area contributed by atoms with Crippen LogP contribution in [0.15, 0.2) is 0 Å². The third-order valence-corrected chi connectivity index (χ3v) is 9.80. The molecule has 0 saturated heterocycles. The third kappa shape index (κ3) is 29.6. The summed E-state index contributed by atoms with van der Waals surface area (Å²) >= 11 is 0. The average molecular weight is 639 g/mol. The van der Waals surface area contributed by atoms with E-state index in [0.717, 1.165) is 103 Å². The first-order valence-corrected chi connectivity index (χ1v) is 19.5. The Balaban J connectivity index is 4.20. The number of aliphatic carboxylic acids is 3. The molecular formula is C39H74O6. The summed E-state index contributed by atoms with van der Waals surface area (Å²) in [5.74, 6) is -1.98. The van der Waals surface area contributed by atoms with E-state index in [4.69, 9.17) is 10.2 Å². The van der Waals surface area contributed by atoms with Gasteiger partial charge in [0.15, 0.2) is 0 Å². The maximum Gasteiger partial charge on any atom is 0.309 e. The van der Waals surface area contributed by atoms with E-state index in [2.05, 4.69) is 6.92 Å². The molecule has 6 nitrogen and oxygen atoms in total. The molecule has 0 aliphatic heterocycles. The molecule has 0 bridgehead atoms. The second kappa shape index (κ2) is 32.4. The normalized spacial score (nSPS) is 12.7. The Labute approximate surface area is 277 Å². The number of hydrogen-bond donors (Lipinski definition) is 3. The first kappa shape index (κ1) is 43.4. The molecule has 1 atom stereocenters. The molecule has 0 aliphatic rings. The van der Waals surface area contributed by atoms with Crippen molar-refractivity contribution in [2.45, 2.75) is 225 Å². The second-order valence-corrected chi connectivity index (χ2v) is 14.0. The summed E-state index contributed by atoms with van der Waals surface area (Å²) in [6, 6.07) is 0. The smallest absolute Gasteiger partial charge is 0.309 e. The van der Waals surface area contributed by atoms with E-state index < -0.39 is 23.3 Å². The minimum absolute atomic E-state index is 0.252. The Kier molecular flexibility index (Phi) is 31.2. The van der Waals surface area contributed by atoms with Crippen LogP contribution in [-0.2, 0) is 14.4 Å². The Morgan fingerprint density at radius 1 is 0.356 bits per heavy atom. The lowest BCUT2D eigenvalue weighted by Crippen LogP contribution is -2.31. The van der Waals surface area contributed by atoms with Crippen molar-refractivity contribution in [3.05, 3.63) is 0 Å². The van der Waals surface area contributed by atoms with Crippen LogP contribution < -0.4 is 0 Å². The zero-order valence-corrected chi connectivity index (χ0v) is 29.6. The number of carboxylic acids is 3. The Morgan fingerprint density at radius 3 is 0.800 bits per heavy atom. The summed E-state index contributed by atoms with van der Waals surface area (Å²) in [5.41, 5.74) is -0.565. The lowest BCUT2D eigenvalue weighted by atomic mass is 9.74. The molecule has 45 heavy (non-hydrogen) atoms. The van der Waals surface area contributed by atoms with Crippen molar-refractivity contribution in [1.82, 2.24) is 0 Å². The van der Waals surface area contributed by atoms with Crippen LogP contribution in [0, 0.1) is 5.41 Å². The van der Waals surface area contributed by atoms with Crippen LogP contribution in [0.5, 0.6) is 0 Å². The largest absolute Gasteiger partial charge is 0.481 e. The van der Waals surface area contributed by atoms with Crippen LogP contribution in [0.4, 0.5) is 0 Å². The lowest BCUT2D eigenvalue weighted by Gasteiger charge is -2.30. The first-order valence-electron chi connectivity index (χ1n) is 19.5. The second-order valence-electron chi connectivity index (χ2n) is 14.0. The van der Waals surface area contributed by atoms with Gasteiger partial charge >= 0.3 is 17.9 Å². The molecule has 0 saturated carbocycles. The van der Waals surface area contributed by atoms with Crippen LogP contribution in [-0.4, -0.2) is 33.2 Å². The molecule has 0 aromatic rings. The van der Waals surface area contributed by atoms with Crippen LogP contribution in [0.2, 0.25) is 0 Å². The lowest BCUT2D eigenvalue weighted by molar-refractivity contribution is -0.151. The van der Waals surface area contributed by atoms with E-state index >= 15 is 0 Å². The predicted octanol–water partition coefficient (Wildman–Crippen LogP) is 12.5. The van der Waals surface area contributed by atoms with E-state index in [-0.39, 0.29) is 6.42 Å². The number of carboxylic acid groups (broad SMARTS) is 3. The molecule has 0 spiro atoms. The minimum Gasteiger partial charge on any atom is -0.481 e. The zero-order valence-electron chi connectivity index (χ0n) is 29.6. The van der Waals surface area contributed by atoms with Crippen molar-refractivity contribution in [2.75, 3.05) is 0 Å². The molecule has 0 rings (SSSR count). The van der Waals surface area contributed by atoms with Crippen LogP contribution >= 0.6 is 0 Å². The van der Waals surface area contributed by atoms with Gasteiger partial charge in [-0.1, -0.05) is 180 Å². The molecule has 0 aromatic heterocycles. The van der Waals surface area contributed by atoms with Crippen LogP contribution in [0.25, 0.3) is 0 Å². The summed E-state index contributed by atoms with van der Waals surface area (Å²) in [6.45, 7) is 2.24. The molecule has 3 N–H and O–H groups in total. The number of unbranched alkanes of at least 4 members (excludes halogenated alkanes) is 26. The molecule has 266 valence electrons. The van der Waals surface area contributed by atoms with E-state index in [1.54, 1.807) is 0 Å². The summed E-state index contributed by atoms with van der Waals surface area (Å²) < 4.78 is 0. The van der Waals surface area contributed by atoms with E-state index in [1.165, 1.54) is 103 Å². The number of rotatable bonds is 37. The fourth-order valence-electron chi connectivity index (χ4n) is 6.78. The number of hydrogen-bond acceptors (Lipinski definition) is 3. The average Bonchev–Trinajstić information content (AvgIpc) is 3.00. The van der Waals surface area contributed by atoms with Crippen molar-refractivity contribution in [3.8, 4) is 0 Å². The van der Waals surface area contributed by atoms with Gasteiger partial charge in [0.1, 0.15) is 0 Å². The maximum atomic E-state index is 12.7. The fraction of sp³-hybridized carbons (Fsp3) is 0.923. The molecule has 0 amide bonds. The van der Waals surface area contributed by atoms with Crippen molar-refractivity contribution >= 4 is 17.9 Å². The van der Waals surface area contributed by atoms with Crippen LogP contribution in [0.1, 0.15) is 225 Å². The van der Waals surface area contributed by atoms with Gasteiger partial charge in [-0.3, -0.25) is 14.4 Å². The van der Waals surface area contributed by atoms with E-state index in [9.17, 15) is 19.5 Å². The quantitative estimate of drug-likeness (QED) is 0.0584. The molecule has 0 aromatic carbocycles. The molecule has 6 heteroatoms. The monoisotopic (exact) mass is 639 g/mol. The van der Waals surface area contributed by atoms with Gasteiger partial charge in [-0.15, -0.1) is 0 Å². The molecule has 0 radical (unpaired) electrons. The molecule has 0 aliphatic carbocycles. The van der Waals surface area contributed by atoms with Crippen molar-refractivity contribution in [1.29, 1.82) is 0 Å². The summed E-state index contributed by atoms with van der Waals surface area (Å²) in [7, 11) is 0. The van der Waals surface area contributed by atoms with Crippen molar-refractivity contribution in [3.63, 3.8) is 0 Å². The number of carbonyl (C=O) groups is 3. The summed E-state index contributed by atoms with van der Waals surface area (Å²) in [4.78, 5) is 33.9. The predicted molar refractivity (Wildman–Crippen MR) is 188 cm³/mol. The van der Waals surface area contributed by atoms with Gasteiger partial charge in [-0.2, -0.15) is 0 Å². The standard InChI is InChI=1S/C39H74O6/c1-2-3-4-5-6-18-23-28-33-39(38(44)45,35-30-25-20-17-22-27-32-37(42)43)34-29-24-19-15-13-11-9-7-8-10-12-14-16-21-26-31-36(40)41/h2-35H2,1H3,(H,40,41)(H,42,43)(H,44,45). The van der Waals surface area contributed by atoms with E-state index in [1.807, 2.05) is 0 Å². The topological polar surface area (TPSA) is 112 Å². The van der Waals surface area contributed by atoms with Gasteiger partial charge in [-0.25, -0.2) is 0 Å². The van der Waals surface area contributed by atoms with Gasteiger partial charge in [-0.05, 0) is 32.1 Å². The fourth-order valence-corrected chi connectivity index (χ4v) is 6.78. The van der Waals surface area contributed by atoms with Gasteiger partial charge in [0.2, 0.25) is 0 Å². The maximum absolute atomic E-state index is 12.7. The highest BCUT2D eigenvalue weighted by atomic mass is 16.4. The highest BCUT2D eigenvalue weighted by molar-refractivity contribution is 5.74. The third-order valence-electron chi connectivity index (χ3n) is 9.80. The summed E-state index contributed by atoms with van der Waals surface area (Å²) in [5, 5.41) is 27.9. The van der Waals surface area contributed by atoms with Crippen molar-refractivity contribution < 1.29 is 29.7 Å². The SMILES string of the molecule is CCCCCCCCCCC(CCCCCCCCCCCCCCCCCC(=O)O)(CCCCCCCCC(=O)O)C(=O)O. The van der Waals surface area contributed by atoms with Gasteiger partial charge in [0.25, 0.3) is 0 Å². The Morgan fingerprint density at radius 2 is 0.578 bits per heavy atom. The molecular weight excluding hydrogens is 564 g/mol.